The third-order valence-electron chi connectivity index (χ3n) is 2.67. The number of sulfonamides is 1. The van der Waals surface area contributed by atoms with Crippen molar-refractivity contribution in [3.8, 4) is 0 Å². The molecule has 0 aliphatic carbocycles. The van der Waals surface area contributed by atoms with Crippen LogP contribution in [-0.2, 0) is 10.0 Å². The summed E-state index contributed by atoms with van der Waals surface area (Å²) in [4.78, 5) is 7.12. The molecule has 6 nitrogen and oxygen atoms in total. The van der Waals surface area contributed by atoms with E-state index in [9.17, 15) is 8.42 Å². The van der Waals surface area contributed by atoms with Gasteiger partial charge in [-0.25, -0.2) is 9.82 Å². The van der Waals surface area contributed by atoms with E-state index in [1.165, 1.54) is 29.7 Å². The third kappa shape index (κ3) is 2.78. The van der Waals surface area contributed by atoms with Crippen molar-refractivity contribution in [1.82, 2.24) is 14.2 Å². The Balaban J connectivity index is 1.84. The predicted octanol–water partition coefficient (Wildman–Crippen LogP) is 2.36. The molecule has 0 aliphatic rings. The van der Waals surface area contributed by atoms with Crippen molar-refractivity contribution in [3.05, 3.63) is 52.8 Å². The van der Waals surface area contributed by atoms with Crippen molar-refractivity contribution in [3.63, 3.8) is 0 Å². The first-order chi connectivity index (χ1) is 10.1. The van der Waals surface area contributed by atoms with Crippen molar-refractivity contribution in [2.24, 2.45) is 5.10 Å². The van der Waals surface area contributed by atoms with Crippen molar-refractivity contribution < 1.29 is 8.42 Å². The molecular formula is C12H9ClN4O2S2. The maximum absolute atomic E-state index is 12.0. The highest BCUT2D eigenvalue weighted by Crippen LogP contribution is 2.19. The van der Waals surface area contributed by atoms with Gasteiger partial charge in [0.05, 0.1) is 11.1 Å². The van der Waals surface area contributed by atoms with Crippen LogP contribution < -0.4 is 4.83 Å². The summed E-state index contributed by atoms with van der Waals surface area (Å²) in [5.74, 6) is 0. The van der Waals surface area contributed by atoms with Gasteiger partial charge in [0.2, 0.25) is 0 Å². The first-order valence-corrected chi connectivity index (χ1v) is 8.53. The quantitative estimate of drug-likeness (QED) is 0.585. The number of hydrogen-bond acceptors (Lipinski definition) is 5. The first kappa shape index (κ1) is 14.1. The molecule has 2 heterocycles. The Morgan fingerprint density at radius 3 is 2.86 bits per heavy atom. The van der Waals surface area contributed by atoms with E-state index < -0.39 is 10.0 Å². The Morgan fingerprint density at radius 1 is 1.33 bits per heavy atom. The second-order valence-corrected chi connectivity index (χ2v) is 6.90. The molecule has 3 rings (SSSR count). The van der Waals surface area contributed by atoms with Crippen LogP contribution in [0.4, 0.5) is 0 Å². The zero-order valence-corrected chi connectivity index (χ0v) is 12.9. The Bertz CT molecular complexity index is 900. The molecule has 0 amide bonds. The lowest BCUT2D eigenvalue weighted by atomic mass is 10.4. The summed E-state index contributed by atoms with van der Waals surface area (Å²) < 4.78 is 25.7. The normalized spacial score (nSPS) is 12.2. The van der Waals surface area contributed by atoms with Crippen LogP contribution in [0.2, 0.25) is 5.15 Å². The summed E-state index contributed by atoms with van der Waals surface area (Å²) in [5.41, 5.74) is 0.517. The summed E-state index contributed by atoms with van der Waals surface area (Å²) >= 11 is 7.41. The molecule has 108 valence electrons. The summed E-state index contributed by atoms with van der Waals surface area (Å²) in [6, 6.07) is 7.99. The minimum atomic E-state index is -3.68. The standard InChI is InChI=1S/C12H9ClN4O2S2/c13-11-10(17-6-7-20-12(17)15-11)8-14-16-21(18,19)9-4-2-1-3-5-9/h1-8,16H/b14-8+. The molecule has 1 aromatic carbocycles. The zero-order valence-electron chi connectivity index (χ0n) is 10.5. The summed E-state index contributed by atoms with van der Waals surface area (Å²) in [5, 5.41) is 5.87. The number of imidazole rings is 1. The fourth-order valence-electron chi connectivity index (χ4n) is 1.70. The SMILES string of the molecule is O=S(=O)(N/N=C/c1c(Cl)nc2sccn12)c1ccccc1. The second kappa shape index (κ2) is 5.47. The molecule has 0 unspecified atom stereocenters. The molecule has 0 bridgehead atoms. The van der Waals surface area contributed by atoms with Gasteiger partial charge in [0.15, 0.2) is 10.1 Å². The highest BCUT2D eigenvalue weighted by atomic mass is 35.5. The van der Waals surface area contributed by atoms with E-state index in [4.69, 9.17) is 11.6 Å². The van der Waals surface area contributed by atoms with Gasteiger partial charge in [-0.2, -0.15) is 13.5 Å². The van der Waals surface area contributed by atoms with E-state index in [0.717, 1.165) is 0 Å². The van der Waals surface area contributed by atoms with E-state index >= 15 is 0 Å². The lowest BCUT2D eigenvalue weighted by Crippen LogP contribution is -2.18. The van der Waals surface area contributed by atoms with Crippen LogP contribution in [0.25, 0.3) is 4.96 Å². The molecule has 9 heteroatoms. The predicted molar refractivity (Wildman–Crippen MR) is 82.4 cm³/mol. The van der Waals surface area contributed by atoms with Gasteiger partial charge in [-0.05, 0) is 12.1 Å². The minimum absolute atomic E-state index is 0.141. The fraction of sp³-hybridized carbons (Fsp3) is 0. The number of rotatable bonds is 4. The molecule has 2 aromatic heterocycles. The number of nitrogens with zero attached hydrogens (tertiary/aromatic N) is 3. The van der Waals surface area contributed by atoms with Crippen molar-refractivity contribution in [2.75, 3.05) is 0 Å². The smallest absolute Gasteiger partial charge is 0.276 e. The van der Waals surface area contributed by atoms with Crippen molar-refractivity contribution >= 4 is 44.1 Å². The number of benzene rings is 1. The Labute approximate surface area is 129 Å². The van der Waals surface area contributed by atoms with Gasteiger partial charge in [0, 0.05) is 11.6 Å². The summed E-state index contributed by atoms with van der Waals surface area (Å²) in [6.45, 7) is 0. The maximum Gasteiger partial charge on any atom is 0.276 e. The van der Waals surface area contributed by atoms with Gasteiger partial charge in [-0.1, -0.05) is 29.8 Å². The molecule has 0 atom stereocenters. The number of halogens is 1. The monoisotopic (exact) mass is 340 g/mol. The van der Waals surface area contributed by atoms with Gasteiger partial charge in [0.1, 0.15) is 5.69 Å². The first-order valence-electron chi connectivity index (χ1n) is 5.79. The van der Waals surface area contributed by atoms with Gasteiger partial charge in [0.25, 0.3) is 10.0 Å². The molecule has 0 radical (unpaired) electrons. The fourth-order valence-corrected chi connectivity index (χ4v) is 3.50. The van der Waals surface area contributed by atoms with E-state index in [1.807, 2.05) is 5.38 Å². The molecule has 1 N–H and O–H groups in total. The van der Waals surface area contributed by atoms with Crippen LogP contribution in [0.15, 0.2) is 51.9 Å². The van der Waals surface area contributed by atoms with Crippen LogP contribution in [-0.4, -0.2) is 24.0 Å². The molecular weight excluding hydrogens is 332 g/mol. The van der Waals surface area contributed by atoms with Gasteiger partial charge in [-0.15, -0.1) is 11.3 Å². The summed E-state index contributed by atoms with van der Waals surface area (Å²) in [7, 11) is -3.68. The lowest BCUT2D eigenvalue weighted by molar-refractivity contribution is 0.584. The zero-order chi connectivity index (χ0) is 14.9. The van der Waals surface area contributed by atoms with Gasteiger partial charge >= 0.3 is 0 Å². The number of hydrogen-bond donors (Lipinski definition) is 1. The molecule has 0 spiro atoms. The Hall–Kier alpha value is -1.90. The van der Waals surface area contributed by atoms with Crippen LogP contribution in [0.5, 0.6) is 0 Å². The molecule has 0 aliphatic heterocycles. The van der Waals surface area contributed by atoms with Gasteiger partial charge < -0.3 is 0 Å². The highest BCUT2D eigenvalue weighted by Gasteiger charge is 2.12. The Morgan fingerprint density at radius 2 is 2.10 bits per heavy atom. The molecule has 3 aromatic rings. The van der Waals surface area contributed by atoms with Crippen molar-refractivity contribution in [2.45, 2.75) is 4.90 Å². The number of hydrazone groups is 1. The molecule has 21 heavy (non-hydrogen) atoms. The number of thiazole rings is 1. The highest BCUT2D eigenvalue weighted by molar-refractivity contribution is 7.89. The number of aromatic nitrogens is 2. The average molecular weight is 341 g/mol. The number of fused-ring (bicyclic) bond motifs is 1. The second-order valence-electron chi connectivity index (χ2n) is 4.01. The minimum Gasteiger partial charge on any atom is -0.288 e. The maximum atomic E-state index is 12.0. The number of nitrogens with one attached hydrogen (secondary N) is 1. The average Bonchev–Trinajstić information content (AvgIpc) is 3.02. The van der Waals surface area contributed by atoms with E-state index in [2.05, 4.69) is 14.9 Å². The van der Waals surface area contributed by atoms with Crippen LogP contribution in [0, 0.1) is 0 Å². The van der Waals surface area contributed by atoms with Crippen LogP contribution in [0.3, 0.4) is 0 Å². The topological polar surface area (TPSA) is 75.8 Å². The largest absolute Gasteiger partial charge is 0.288 e. The van der Waals surface area contributed by atoms with Crippen LogP contribution >= 0.6 is 22.9 Å². The van der Waals surface area contributed by atoms with Gasteiger partial charge in [-0.3, -0.25) is 4.40 Å². The molecule has 0 saturated carbocycles. The third-order valence-corrected chi connectivity index (χ3v) is 4.94. The molecule has 0 fully saturated rings. The van der Waals surface area contributed by atoms with E-state index in [1.54, 1.807) is 28.8 Å². The van der Waals surface area contributed by atoms with Crippen LogP contribution in [0.1, 0.15) is 5.69 Å². The lowest BCUT2D eigenvalue weighted by Gasteiger charge is -2.02. The van der Waals surface area contributed by atoms with Crippen molar-refractivity contribution in [1.29, 1.82) is 0 Å². The molecule has 0 saturated heterocycles. The summed E-state index contributed by atoms with van der Waals surface area (Å²) in [6.07, 6.45) is 3.11. The Kier molecular flexibility index (Phi) is 3.66. The van der Waals surface area contributed by atoms with E-state index in [-0.39, 0.29) is 10.0 Å². The van der Waals surface area contributed by atoms with E-state index in [0.29, 0.717) is 10.7 Å².